The van der Waals surface area contributed by atoms with Crippen LogP contribution in [0.25, 0.3) is 0 Å². The Morgan fingerprint density at radius 2 is 2.00 bits per heavy atom. The van der Waals surface area contributed by atoms with Crippen LogP contribution in [0.3, 0.4) is 0 Å². The van der Waals surface area contributed by atoms with Gasteiger partial charge in [-0.25, -0.2) is 0 Å². The van der Waals surface area contributed by atoms with Crippen molar-refractivity contribution in [2.45, 2.75) is 26.8 Å². The van der Waals surface area contributed by atoms with Crippen LogP contribution in [-0.4, -0.2) is 17.5 Å². The minimum atomic E-state index is 0.132. The van der Waals surface area contributed by atoms with Gasteiger partial charge in [-0.15, -0.1) is 0 Å². The highest BCUT2D eigenvalue weighted by atomic mass is 16.5. The Morgan fingerprint density at radius 1 is 1.21 bits per heavy atom. The molecule has 2 aromatic rings. The molecule has 0 saturated heterocycles. The molecule has 0 aliphatic carbocycles. The first-order chi connectivity index (χ1) is 9.10. The van der Waals surface area contributed by atoms with Crippen molar-refractivity contribution >= 4 is 5.78 Å². The second-order valence-electron chi connectivity index (χ2n) is 5.19. The number of hydrogen-bond donors (Lipinski definition) is 0. The Hall–Kier alpha value is -2.03. The zero-order chi connectivity index (χ0) is 13.6. The van der Waals surface area contributed by atoms with Gasteiger partial charge in [-0.05, 0) is 25.0 Å². The molecule has 1 aromatic heterocycles. The van der Waals surface area contributed by atoms with Crippen molar-refractivity contribution in [3.05, 3.63) is 52.3 Å². The molecule has 1 aliphatic heterocycles. The first-order valence-electron chi connectivity index (χ1n) is 6.45. The van der Waals surface area contributed by atoms with Crippen LogP contribution < -0.4 is 4.74 Å². The molecule has 1 aliphatic rings. The van der Waals surface area contributed by atoms with Gasteiger partial charge in [0.25, 0.3) is 0 Å². The van der Waals surface area contributed by atoms with Gasteiger partial charge in [0, 0.05) is 24.7 Å². The van der Waals surface area contributed by atoms with E-state index in [-0.39, 0.29) is 5.78 Å². The van der Waals surface area contributed by atoms with E-state index in [1.165, 1.54) is 11.1 Å². The van der Waals surface area contributed by atoms with Crippen LogP contribution in [0.5, 0.6) is 5.75 Å². The van der Waals surface area contributed by atoms with Crippen molar-refractivity contribution < 1.29 is 9.53 Å². The van der Waals surface area contributed by atoms with Gasteiger partial charge < -0.3 is 9.30 Å². The molecule has 0 radical (unpaired) electrons. The van der Waals surface area contributed by atoms with E-state index in [9.17, 15) is 4.79 Å². The molecule has 3 rings (SSSR count). The molecule has 2 heterocycles. The summed E-state index contributed by atoms with van der Waals surface area (Å²) in [7, 11) is 1.62. The molecule has 0 atom stereocenters. The lowest BCUT2D eigenvalue weighted by atomic mass is 10.0. The summed E-state index contributed by atoms with van der Waals surface area (Å²) in [5, 5.41) is 0. The van der Waals surface area contributed by atoms with E-state index < -0.39 is 0 Å². The third-order valence-corrected chi connectivity index (χ3v) is 3.73. The molecule has 3 nitrogen and oxygen atoms in total. The normalized spacial score (nSPS) is 13.7. The van der Waals surface area contributed by atoms with Gasteiger partial charge in [0.05, 0.1) is 7.11 Å². The average Bonchev–Trinajstić information content (AvgIpc) is 2.61. The molecule has 1 aromatic carbocycles. The van der Waals surface area contributed by atoms with E-state index in [1.54, 1.807) is 7.11 Å². The van der Waals surface area contributed by atoms with Crippen molar-refractivity contribution in [3.63, 3.8) is 0 Å². The molecule has 0 unspecified atom stereocenters. The topological polar surface area (TPSA) is 31.2 Å². The Labute approximate surface area is 112 Å². The first kappa shape index (κ1) is 12.0. The number of nitrogens with zero attached hydrogens (tertiary/aromatic N) is 1. The SMILES string of the molecule is COc1c(C)cn2c1C(=O)Cc1ccc(C)cc1C2. The van der Waals surface area contributed by atoms with Crippen molar-refractivity contribution in [2.75, 3.05) is 7.11 Å². The third kappa shape index (κ3) is 1.86. The summed E-state index contributed by atoms with van der Waals surface area (Å²) in [6.07, 6.45) is 2.46. The zero-order valence-corrected chi connectivity index (χ0v) is 11.5. The molecule has 0 amide bonds. The van der Waals surface area contributed by atoms with E-state index in [0.29, 0.717) is 12.1 Å². The number of benzene rings is 1. The Kier molecular flexibility index (Phi) is 2.70. The Bertz CT molecular complexity index is 668. The number of carbonyl (C=O) groups excluding carboxylic acids is 1. The van der Waals surface area contributed by atoms with E-state index in [1.807, 2.05) is 17.7 Å². The highest BCUT2D eigenvalue weighted by Crippen LogP contribution is 2.31. The van der Waals surface area contributed by atoms with Crippen molar-refractivity contribution in [1.29, 1.82) is 0 Å². The number of rotatable bonds is 1. The molecule has 0 saturated carbocycles. The molecule has 3 heteroatoms. The van der Waals surface area contributed by atoms with Gasteiger partial charge >= 0.3 is 0 Å². The maximum Gasteiger partial charge on any atom is 0.187 e. The van der Waals surface area contributed by atoms with E-state index >= 15 is 0 Å². The third-order valence-electron chi connectivity index (χ3n) is 3.73. The number of aryl methyl sites for hydroxylation is 2. The fourth-order valence-corrected chi connectivity index (χ4v) is 2.86. The second kappa shape index (κ2) is 4.26. The summed E-state index contributed by atoms with van der Waals surface area (Å²) in [4.78, 5) is 12.4. The standard InChI is InChI=1S/C16H17NO2/c1-10-4-5-12-7-14(18)15-16(19-3)11(2)8-17(15)9-13(12)6-10/h4-6,8H,7,9H2,1-3H3. The minimum absolute atomic E-state index is 0.132. The van der Waals surface area contributed by atoms with Gasteiger partial charge in [-0.2, -0.15) is 0 Å². The summed E-state index contributed by atoms with van der Waals surface area (Å²) in [6.45, 7) is 4.79. The molecule has 0 N–H and O–H groups in total. The number of fused-ring (bicyclic) bond motifs is 2. The van der Waals surface area contributed by atoms with Crippen molar-refractivity contribution in [3.8, 4) is 5.75 Å². The molecular formula is C16H17NO2. The number of hydrogen-bond acceptors (Lipinski definition) is 2. The maximum absolute atomic E-state index is 12.4. The molecule has 0 spiro atoms. The average molecular weight is 255 g/mol. The van der Waals surface area contributed by atoms with Crippen LogP contribution in [0.2, 0.25) is 0 Å². The Morgan fingerprint density at radius 3 is 2.74 bits per heavy atom. The summed E-state index contributed by atoms with van der Waals surface area (Å²) in [6, 6.07) is 6.29. The van der Waals surface area contributed by atoms with Gasteiger partial charge in [0.2, 0.25) is 0 Å². The number of Topliss-reactive ketones (excluding diaryl/α,β-unsaturated/α-hetero) is 1. The van der Waals surface area contributed by atoms with Gasteiger partial charge in [-0.1, -0.05) is 23.8 Å². The molecule has 0 fully saturated rings. The monoisotopic (exact) mass is 255 g/mol. The van der Waals surface area contributed by atoms with E-state index in [4.69, 9.17) is 4.74 Å². The van der Waals surface area contributed by atoms with Gasteiger partial charge in [-0.3, -0.25) is 4.79 Å². The van der Waals surface area contributed by atoms with E-state index in [0.717, 1.165) is 23.4 Å². The molecular weight excluding hydrogens is 238 g/mol. The van der Waals surface area contributed by atoms with Crippen LogP contribution in [0.1, 0.15) is 32.7 Å². The van der Waals surface area contributed by atoms with Crippen LogP contribution in [-0.2, 0) is 13.0 Å². The smallest absolute Gasteiger partial charge is 0.187 e. The van der Waals surface area contributed by atoms with Gasteiger partial charge in [0.1, 0.15) is 5.69 Å². The van der Waals surface area contributed by atoms with Crippen molar-refractivity contribution in [2.24, 2.45) is 0 Å². The number of methoxy groups -OCH3 is 1. The van der Waals surface area contributed by atoms with E-state index in [2.05, 4.69) is 25.1 Å². The van der Waals surface area contributed by atoms with Crippen LogP contribution in [0.15, 0.2) is 24.4 Å². The lowest BCUT2D eigenvalue weighted by molar-refractivity contribution is 0.0983. The fourth-order valence-electron chi connectivity index (χ4n) is 2.86. The highest BCUT2D eigenvalue weighted by Gasteiger charge is 2.25. The number of carbonyl (C=O) groups is 1. The second-order valence-corrected chi connectivity index (χ2v) is 5.19. The maximum atomic E-state index is 12.4. The Balaban J connectivity index is 2.18. The summed E-state index contributed by atoms with van der Waals surface area (Å²) in [5.41, 5.74) is 5.30. The summed E-state index contributed by atoms with van der Waals surface area (Å²) in [5.74, 6) is 0.849. The zero-order valence-electron chi connectivity index (χ0n) is 11.5. The minimum Gasteiger partial charge on any atom is -0.494 e. The number of aromatic nitrogens is 1. The largest absolute Gasteiger partial charge is 0.494 e. The number of ether oxygens (including phenoxy) is 1. The predicted octanol–water partition coefficient (Wildman–Crippen LogP) is 2.90. The van der Waals surface area contributed by atoms with Crippen molar-refractivity contribution in [1.82, 2.24) is 4.57 Å². The fraction of sp³-hybridized carbons (Fsp3) is 0.312. The number of ketones is 1. The molecule has 0 bridgehead atoms. The lowest BCUT2D eigenvalue weighted by Gasteiger charge is -2.07. The van der Waals surface area contributed by atoms with Gasteiger partial charge in [0.15, 0.2) is 11.5 Å². The summed E-state index contributed by atoms with van der Waals surface area (Å²) >= 11 is 0. The van der Waals surface area contributed by atoms with Crippen LogP contribution in [0.4, 0.5) is 0 Å². The molecule has 19 heavy (non-hydrogen) atoms. The van der Waals surface area contributed by atoms with Crippen LogP contribution in [0, 0.1) is 13.8 Å². The highest BCUT2D eigenvalue weighted by molar-refractivity contribution is 5.99. The van der Waals surface area contributed by atoms with Crippen LogP contribution >= 0.6 is 0 Å². The lowest BCUT2D eigenvalue weighted by Crippen LogP contribution is -2.08. The molecule has 98 valence electrons. The summed E-state index contributed by atoms with van der Waals surface area (Å²) < 4.78 is 7.41. The first-order valence-corrected chi connectivity index (χ1v) is 6.45. The quantitative estimate of drug-likeness (QED) is 0.784. The predicted molar refractivity (Wildman–Crippen MR) is 74.0 cm³/mol.